The minimum Gasteiger partial charge on any atom is -0.436 e. The van der Waals surface area contributed by atoms with Crippen LogP contribution in [0.15, 0.2) is 30.6 Å². The molecule has 0 aliphatic carbocycles. The Kier molecular flexibility index (Phi) is 5.53. The number of nitrogens with one attached hydrogen (secondary N) is 1. The number of hydrogen-bond donors (Lipinski definition) is 1. The molecule has 0 fully saturated rings. The van der Waals surface area contributed by atoms with Crippen molar-refractivity contribution in [2.45, 2.75) is 27.3 Å². The average Bonchev–Trinajstić information content (AvgIpc) is 2.43. The molecule has 1 heterocycles. The lowest BCUT2D eigenvalue weighted by molar-refractivity contribution is 0.458. The predicted octanol–water partition coefficient (Wildman–Crippen LogP) is 3.98. The van der Waals surface area contributed by atoms with E-state index in [1.54, 1.807) is 12.4 Å². The molecular weight excluding hydrogens is 286 g/mol. The molecule has 0 bridgehead atoms. The van der Waals surface area contributed by atoms with Crippen molar-refractivity contribution in [2.24, 2.45) is 5.92 Å². The maximum absolute atomic E-state index is 6.13. The molecule has 2 rings (SSSR count). The maximum atomic E-state index is 6.13. The van der Waals surface area contributed by atoms with Gasteiger partial charge in [0.2, 0.25) is 5.88 Å². The highest BCUT2D eigenvalue weighted by atomic mass is 35.5. The number of hydrogen-bond acceptors (Lipinski definition) is 4. The number of ether oxygens (including phenoxy) is 1. The van der Waals surface area contributed by atoms with Gasteiger partial charge in [0.25, 0.3) is 0 Å². The average molecular weight is 306 g/mol. The number of aryl methyl sites for hydroxylation is 1. The molecule has 0 spiro atoms. The summed E-state index contributed by atoms with van der Waals surface area (Å²) in [4.78, 5) is 8.58. The second-order valence-electron chi connectivity index (χ2n) is 5.41. The molecule has 21 heavy (non-hydrogen) atoms. The van der Waals surface area contributed by atoms with Gasteiger partial charge in [-0.05, 0) is 37.1 Å². The first-order valence-corrected chi connectivity index (χ1v) is 7.38. The molecule has 0 aliphatic heterocycles. The fourth-order valence-corrected chi connectivity index (χ4v) is 2.05. The van der Waals surface area contributed by atoms with Gasteiger partial charge in [-0.25, -0.2) is 4.98 Å². The standard InChI is InChI=1S/C16H20ClN3O/c1-11(2)7-18-8-13-9-20-16(10-19-13)21-15-5-4-12(3)6-14(15)17/h4-6,9-11,18H,7-8H2,1-3H3. The first-order chi connectivity index (χ1) is 10.0. The molecule has 0 radical (unpaired) electrons. The van der Waals surface area contributed by atoms with Crippen molar-refractivity contribution in [3.8, 4) is 11.6 Å². The second-order valence-corrected chi connectivity index (χ2v) is 5.81. The van der Waals surface area contributed by atoms with E-state index in [4.69, 9.17) is 16.3 Å². The second kappa shape index (κ2) is 7.38. The summed E-state index contributed by atoms with van der Waals surface area (Å²) in [5.74, 6) is 1.64. The molecule has 5 heteroatoms. The van der Waals surface area contributed by atoms with Crippen LogP contribution in [0.4, 0.5) is 0 Å². The molecule has 0 saturated heterocycles. The van der Waals surface area contributed by atoms with Gasteiger partial charge in [0.15, 0.2) is 0 Å². The van der Waals surface area contributed by atoms with E-state index in [-0.39, 0.29) is 0 Å². The Bertz CT molecular complexity index is 585. The normalized spacial score (nSPS) is 10.9. The summed E-state index contributed by atoms with van der Waals surface area (Å²) in [6.45, 7) is 7.98. The summed E-state index contributed by atoms with van der Waals surface area (Å²) < 4.78 is 5.64. The van der Waals surface area contributed by atoms with Crippen molar-refractivity contribution >= 4 is 11.6 Å². The van der Waals surface area contributed by atoms with Crippen LogP contribution in [0.3, 0.4) is 0 Å². The predicted molar refractivity (Wildman–Crippen MR) is 84.8 cm³/mol. The van der Waals surface area contributed by atoms with Gasteiger partial charge >= 0.3 is 0 Å². The number of halogens is 1. The van der Waals surface area contributed by atoms with Crippen molar-refractivity contribution in [1.82, 2.24) is 15.3 Å². The summed E-state index contributed by atoms with van der Waals surface area (Å²) >= 11 is 6.13. The summed E-state index contributed by atoms with van der Waals surface area (Å²) in [6, 6.07) is 5.63. The third-order valence-corrected chi connectivity index (χ3v) is 3.14. The van der Waals surface area contributed by atoms with Crippen molar-refractivity contribution in [2.75, 3.05) is 6.54 Å². The lowest BCUT2D eigenvalue weighted by Crippen LogP contribution is -2.19. The van der Waals surface area contributed by atoms with Gasteiger partial charge in [-0.1, -0.05) is 31.5 Å². The quantitative estimate of drug-likeness (QED) is 0.877. The van der Waals surface area contributed by atoms with Gasteiger partial charge in [-0.2, -0.15) is 0 Å². The molecule has 0 atom stereocenters. The van der Waals surface area contributed by atoms with Crippen molar-refractivity contribution in [3.05, 3.63) is 46.9 Å². The zero-order valence-electron chi connectivity index (χ0n) is 12.6. The Balaban J connectivity index is 1.95. The van der Waals surface area contributed by atoms with E-state index < -0.39 is 0 Å². The van der Waals surface area contributed by atoms with E-state index >= 15 is 0 Å². The van der Waals surface area contributed by atoms with Gasteiger partial charge in [0.05, 0.1) is 23.1 Å². The molecule has 112 valence electrons. The SMILES string of the molecule is Cc1ccc(Oc2cnc(CNCC(C)C)cn2)c(Cl)c1. The largest absolute Gasteiger partial charge is 0.436 e. The third kappa shape index (κ3) is 4.99. The monoisotopic (exact) mass is 305 g/mol. The number of nitrogens with zero attached hydrogens (tertiary/aromatic N) is 2. The van der Waals surface area contributed by atoms with Crippen LogP contribution in [-0.2, 0) is 6.54 Å². The van der Waals surface area contributed by atoms with E-state index in [1.807, 2.05) is 25.1 Å². The molecule has 0 unspecified atom stereocenters. The van der Waals surface area contributed by atoms with Crippen LogP contribution < -0.4 is 10.1 Å². The Labute approximate surface area is 130 Å². The van der Waals surface area contributed by atoms with Crippen LogP contribution in [0.25, 0.3) is 0 Å². The Morgan fingerprint density at radius 2 is 2.05 bits per heavy atom. The summed E-state index contributed by atoms with van der Waals surface area (Å²) in [5.41, 5.74) is 1.98. The van der Waals surface area contributed by atoms with Crippen molar-refractivity contribution < 1.29 is 4.74 Å². The van der Waals surface area contributed by atoms with Crippen molar-refractivity contribution in [1.29, 1.82) is 0 Å². The minimum atomic E-state index is 0.438. The van der Waals surface area contributed by atoms with E-state index in [9.17, 15) is 0 Å². The summed E-state index contributed by atoms with van der Waals surface area (Å²) in [6.07, 6.45) is 3.33. The zero-order chi connectivity index (χ0) is 15.2. The van der Waals surface area contributed by atoms with E-state index in [1.165, 1.54) is 0 Å². The smallest absolute Gasteiger partial charge is 0.237 e. The van der Waals surface area contributed by atoms with E-state index in [0.29, 0.717) is 29.1 Å². The van der Waals surface area contributed by atoms with Gasteiger partial charge in [0.1, 0.15) is 5.75 Å². The maximum Gasteiger partial charge on any atom is 0.237 e. The third-order valence-electron chi connectivity index (χ3n) is 2.84. The molecule has 1 aromatic carbocycles. The fraction of sp³-hybridized carbons (Fsp3) is 0.375. The molecule has 0 saturated carbocycles. The molecular formula is C16H20ClN3O. The van der Waals surface area contributed by atoms with Gasteiger partial charge in [-0.3, -0.25) is 4.98 Å². The Hall–Kier alpha value is -1.65. The number of rotatable bonds is 6. The zero-order valence-corrected chi connectivity index (χ0v) is 13.3. The molecule has 2 aromatic rings. The van der Waals surface area contributed by atoms with Gasteiger partial charge in [0, 0.05) is 6.54 Å². The van der Waals surface area contributed by atoms with Gasteiger partial charge < -0.3 is 10.1 Å². The molecule has 4 nitrogen and oxygen atoms in total. The Morgan fingerprint density at radius 1 is 1.24 bits per heavy atom. The van der Waals surface area contributed by atoms with E-state index in [0.717, 1.165) is 17.8 Å². The van der Waals surface area contributed by atoms with Gasteiger partial charge in [-0.15, -0.1) is 0 Å². The van der Waals surface area contributed by atoms with Crippen LogP contribution in [-0.4, -0.2) is 16.5 Å². The van der Waals surface area contributed by atoms with Crippen molar-refractivity contribution in [3.63, 3.8) is 0 Å². The number of benzene rings is 1. The highest BCUT2D eigenvalue weighted by molar-refractivity contribution is 6.32. The lowest BCUT2D eigenvalue weighted by atomic mass is 10.2. The highest BCUT2D eigenvalue weighted by Gasteiger charge is 2.05. The first kappa shape index (κ1) is 15.7. The lowest BCUT2D eigenvalue weighted by Gasteiger charge is -2.08. The number of aromatic nitrogens is 2. The molecule has 1 N–H and O–H groups in total. The summed E-state index contributed by atoms with van der Waals surface area (Å²) in [5, 5.41) is 3.89. The highest BCUT2D eigenvalue weighted by Crippen LogP contribution is 2.28. The summed E-state index contributed by atoms with van der Waals surface area (Å²) in [7, 11) is 0. The van der Waals surface area contributed by atoms with Crippen LogP contribution >= 0.6 is 11.6 Å². The fourth-order valence-electron chi connectivity index (χ4n) is 1.78. The van der Waals surface area contributed by atoms with Crippen LogP contribution in [0.2, 0.25) is 5.02 Å². The molecule has 0 aliphatic rings. The topological polar surface area (TPSA) is 47.0 Å². The van der Waals surface area contributed by atoms with Crippen LogP contribution in [0, 0.1) is 12.8 Å². The van der Waals surface area contributed by atoms with Crippen LogP contribution in [0.5, 0.6) is 11.6 Å². The minimum absolute atomic E-state index is 0.438. The van der Waals surface area contributed by atoms with E-state index in [2.05, 4.69) is 29.1 Å². The molecule has 1 aromatic heterocycles. The molecule has 0 amide bonds. The first-order valence-electron chi connectivity index (χ1n) is 7.00. The Morgan fingerprint density at radius 3 is 2.67 bits per heavy atom. The van der Waals surface area contributed by atoms with Crippen LogP contribution in [0.1, 0.15) is 25.1 Å².